The van der Waals surface area contributed by atoms with E-state index < -0.39 is 29.9 Å². The number of amides is 4. The Morgan fingerprint density at radius 3 is 2.65 bits per heavy atom. The Balaban J connectivity index is 2.00. The monoisotopic (exact) mass is 361 g/mol. The maximum absolute atomic E-state index is 12.3. The number of hydrogen-bond donors (Lipinski definition) is 2. The third kappa shape index (κ3) is 4.38. The van der Waals surface area contributed by atoms with Gasteiger partial charge in [-0.05, 0) is 25.0 Å². The number of para-hydroxylation sites is 1. The molecule has 0 radical (unpaired) electrons. The molecule has 0 unspecified atom stereocenters. The van der Waals surface area contributed by atoms with Crippen molar-refractivity contribution in [3.63, 3.8) is 0 Å². The van der Waals surface area contributed by atoms with Crippen molar-refractivity contribution >= 4 is 29.5 Å². The molecule has 1 fully saturated rings. The number of carbonyl (C=O) groups excluding carboxylic acids is 4. The highest BCUT2D eigenvalue weighted by Gasteiger charge is 2.37. The molecule has 1 aliphatic rings. The SMILES string of the molecule is CCc1ccccc1N1C[C@H](C(=O)O[C@@H](C)C(=O)NC(=O)NC)CC1=O. The van der Waals surface area contributed by atoms with E-state index in [2.05, 4.69) is 5.32 Å². The lowest BCUT2D eigenvalue weighted by atomic mass is 10.1. The van der Waals surface area contributed by atoms with E-state index in [1.807, 2.05) is 36.5 Å². The van der Waals surface area contributed by atoms with Gasteiger partial charge in [0.25, 0.3) is 5.91 Å². The maximum Gasteiger partial charge on any atom is 0.321 e. The van der Waals surface area contributed by atoms with E-state index in [4.69, 9.17) is 4.74 Å². The Bertz CT molecular complexity index is 719. The van der Waals surface area contributed by atoms with Gasteiger partial charge in [-0.1, -0.05) is 25.1 Å². The van der Waals surface area contributed by atoms with E-state index >= 15 is 0 Å². The minimum atomic E-state index is -1.13. The van der Waals surface area contributed by atoms with Crippen molar-refractivity contribution < 1.29 is 23.9 Å². The fourth-order valence-corrected chi connectivity index (χ4v) is 2.77. The van der Waals surface area contributed by atoms with Crippen LogP contribution in [0.5, 0.6) is 0 Å². The highest BCUT2D eigenvalue weighted by Crippen LogP contribution is 2.29. The highest BCUT2D eigenvalue weighted by molar-refractivity contribution is 6.01. The van der Waals surface area contributed by atoms with Gasteiger partial charge in [0.2, 0.25) is 5.91 Å². The molecule has 4 amide bonds. The molecule has 1 aliphatic heterocycles. The minimum Gasteiger partial charge on any atom is -0.452 e. The molecular weight excluding hydrogens is 338 g/mol. The molecule has 0 bridgehead atoms. The lowest BCUT2D eigenvalue weighted by molar-refractivity contribution is -0.158. The predicted octanol–water partition coefficient (Wildman–Crippen LogP) is 0.989. The first-order valence-corrected chi connectivity index (χ1v) is 8.48. The van der Waals surface area contributed by atoms with Crippen LogP contribution in [0.25, 0.3) is 0 Å². The third-order valence-electron chi connectivity index (χ3n) is 4.25. The molecule has 0 saturated carbocycles. The van der Waals surface area contributed by atoms with Crippen LogP contribution in [-0.2, 0) is 25.5 Å². The normalized spacial score (nSPS) is 17.6. The molecule has 8 nitrogen and oxygen atoms in total. The number of nitrogens with one attached hydrogen (secondary N) is 2. The second-order valence-corrected chi connectivity index (χ2v) is 6.04. The van der Waals surface area contributed by atoms with Crippen molar-refractivity contribution in [1.29, 1.82) is 0 Å². The smallest absolute Gasteiger partial charge is 0.321 e. The van der Waals surface area contributed by atoms with Gasteiger partial charge in [-0.3, -0.25) is 19.7 Å². The van der Waals surface area contributed by atoms with Gasteiger partial charge in [0.1, 0.15) is 0 Å². The van der Waals surface area contributed by atoms with Crippen LogP contribution >= 0.6 is 0 Å². The molecule has 0 spiro atoms. The zero-order valence-electron chi connectivity index (χ0n) is 15.1. The fourth-order valence-electron chi connectivity index (χ4n) is 2.77. The Morgan fingerprint density at radius 1 is 1.31 bits per heavy atom. The van der Waals surface area contributed by atoms with Crippen LogP contribution in [0.15, 0.2) is 24.3 Å². The number of hydrogen-bond acceptors (Lipinski definition) is 5. The number of anilines is 1. The number of aryl methyl sites for hydroxylation is 1. The standard InChI is InChI=1S/C18H23N3O5/c1-4-12-7-5-6-8-14(12)21-10-13(9-15(21)22)17(24)26-11(2)16(23)20-18(25)19-3/h5-8,11,13H,4,9-10H2,1-3H3,(H2,19,20,23,25)/t11-,13+/m0/s1. The summed E-state index contributed by atoms with van der Waals surface area (Å²) in [5.74, 6) is -2.16. The van der Waals surface area contributed by atoms with E-state index in [-0.39, 0.29) is 18.9 Å². The summed E-state index contributed by atoms with van der Waals surface area (Å²) in [5, 5.41) is 4.28. The first-order valence-electron chi connectivity index (χ1n) is 8.48. The molecule has 26 heavy (non-hydrogen) atoms. The molecule has 1 saturated heterocycles. The van der Waals surface area contributed by atoms with Crippen molar-refractivity contribution in [2.75, 3.05) is 18.5 Å². The lowest BCUT2D eigenvalue weighted by Gasteiger charge is -2.20. The van der Waals surface area contributed by atoms with E-state index in [0.29, 0.717) is 0 Å². The van der Waals surface area contributed by atoms with Crippen LogP contribution in [0, 0.1) is 5.92 Å². The van der Waals surface area contributed by atoms with Crippen molar-refractivity contribution in [3.05, 3.63) is 29.8 Å². The zero-order valence-corrected chi connectivity index (χ0v) is 15.1. The average molecular weight is 361 g/mol. The fraction of sp³-hybridized carbons (Fsp3) is 0.444. The largest absolute Gasteiger partial charge is 0.452 e. The first-order chi connectivity index (χ1) is 12.4. The van der Waals surface area contributed by atoms with E-state index in [1.165, 1.54) is 14.0 Å². The Morgan fingerprint density at radius 2 is 2.00 bits per heavy atom. The number of benzene rings is 1. The predicted molar refractivity (Wildman–Crippen MR) is 94.4 cm³/mol. The molecule has 2 atom stereocenters. The summed E-state index contributed by atoms with van der Waals surface area (Å²) >= 11 is 0. The van der Waals surface area contributed by atoms with Crippen molar-refractivity contribution in [2.45, 2.75) is 32.8 Å². The van der Waals surface area contributed by atoms with E-state index in [9.17, 15) is 19.2 Å². The van der Waals surface area contributed by atoms with Gasteiger partial charge in [0, 0.05) is 25.7 Å². The first kappa shape index (κ1) is 19.4. The minimum absolute atomic E-state index is 0.0284. The second-order valence-electron chi connectivity index (χ2n) is 6.04. The molecule has 0 aliphatic carbocycles. The topological polar surface area (TPSA) is 105 Å². The number of carbonyl (C=O) groups is 4. The second kappa shape index (κ2) is 8.46. The van der Waals surface area contributed by atoms with Gasteiger partial charge in [-0.25, -0.2) is 4.79 Å². The zero-order chi connectivity index (χ0) is 19.3. The third-order valence-corrected chi connectivity index (χ3v) is 4.25. The summed E-state index contributed by atoms with van der Waals surface area (Å²) in [7, 11) is 1.37. The highest BCUT2D eigenvalue weighted by atomic mass is 16.5. The number of esters is 1. The van der Waals surface area contributed by atoms with Gasteiger partial charge >= 0.3 is 12.0 Å². The number of imide groups is 1. The molecular formula is C18H23N3O5. The van der Waals surface area contributed by atoms with Crippen molar-refractivity contribution in [3.8, 4) is 0 Å². The summed E-state index contributed by atoms with van der Waals surface area (Å²) in [6.07, 6.45) is -0.334. The van der Waals surface area contributed by atoms with Crippen molar-refractivity contribution in [1.82, 2.24) is 10.6 Å². The maximum atomic E-state index is 12.3. The molecule has 2 rings (SSSR count). The molecule has 8 heteroatoms. The average Bonchev–Trinajstić information content (AvgIpc) is 3.03. The Labute approximate surface area is 151 Å². The summed E-state index contributed by atoms with van der Waals surface area (Å²) < 4.78 is 5.12. The molecule has 1 heterocycles. The van der Waals surface area contributed by atoms with Crippen LogP contribution in [0.2, 0.25) is 0 Å². The van der Waals surface area contributed by atoms with Crippen LogP contribution in [0.4, 0.5) is 10.5 Å². The van der Waals surface area contributed by atoms with Crippen molar-refractivity contribution in [2.24, 2.45) is 5.92 Å². The number of nitrogens with zero attached hydrogens (tertiary/aromatic N) is 1. The Kier molecular flexibility index (Phi) is 6.32. The molecule has 0 aromatic heterocycles. The van der Waals surface area contributed by atoms with Crippen LogP contribution in [0.3, 0.4) is 0 Å². The van der Waals surface area contributed by atoms with Gasteiger partial charge < -0.3 is 15.0 Å². The number of rotatable bonds is 5. The summed E-state index contributed by atoms with van der Waals surface area (Å²) in [5.41, 5.74) is 1.81. The van der Waals surface area contributed by atoms with Gasteiger partial charge in [-0.15, -0.1) is 0 Å². The van der Waals surface area contributed by atoms with Gasteiger partial charge in [0.15, 0.2) is 6.10 Å². The van der Waals surface area contributed by atoms with E-state index in [1.54, 1.807) is 4.90 Å². The summed E-state index contributed by atoms with van der Waals surface area (Å²) in [6.45, 7) is 3.58. The quantitative estimate of drug-likeness (QED) is 0.761. The van der Waals surface area contributed by atoms with Gasteiger partial charge in [-0.2, -0.15) is 0 Å². The van der Waals surface area contributed by atoms with Crippen LogP contribution in [-0.4, -0.2) is 43.5 Å². The summed E-state index contributed by atoms with van der Waals surface area (Å²) in [4.78, 5) is 49.1. The number of ether oxygens (including phenoxy) is 1. The lowest BCUT2D eigenvalue weighted by Crippen LogP contribution is -2.44. The molecule has 1 aromatic rings. The van der Waals surface area contributed by atoms with Crippen LogP contribution in [0.1, 0.15) is 25.8 Å². The molecule has 140 valence electrons. The summed E-state index contributed by atoms with van der Waals surface area (Å²) in [6, 6.07) is 6.86. The van der Waals surface area contributed by atoms with E-state index in [0.717, 1.165) is 17.7 Å². The number of urea groups is 1. The van der Waals surface area contributed by atoms with Gasteiger partial charge in [0.05, 0.1) is 5.92 Å². The Hall–Kier alpha value is -2.90. The molecule has 1 aromatic carbocycles. The molecule has 2 N–H and O–H groups in total. The van der Waals surface area contributed by atoms with Crippen LogP contribution < -0.4 is 15.5 Å².